The van der Waals surface area contributed by atoms with Gasteiger partial charge in [0.15, 0.2) is 0 Å². The van der Waals surface area contributed by atoms with Crippen LogP contribution in [0.4, 0.5) is 0 Å². The molecule has 0 spiro atoms. The molecule has 0 aliphatic heterocycles. The van der Waals surface area contributed by atoms with Gasteiger partial charge in [0, 0.05) is 11.6 Å². The van der Waals surface area contributed by atoms with Crippen molar-refractivity contribution in [3.63, 3.8) is 0 Å². The lowest BCUT2D eigenvalue weighted by Crippen LogP contribution is -1.98. The van der Waals surface area contributed by atoms with Crippen LogP contribution >= 0.6 is 0 Å². The zero-order valence-corrected chi connectivity index (χ0v) is 8.30. The van der Waals surface area contributed by atoms with E-state index in [9.17, 15) is 9.90 Å². The summed E-state index contributed by atoms with van der Waals surface area (Å²) in [6.07, 6.45) is 2.57. The molecule has 0 unspecified atom stereocenters. The van der Waals surface area contributed by atoms with Gasteiger partial charge in [-0.25, -0.2) is 4.79 Å². The second kappa shape index (κ2) is 5.05. The number of phenolic OH excluding ortho intramolecular Hbond substituents is 2. The molecule has 0 amide bonds. The zero-order chi connectivity index (χ0) is 11.3. The first-order chi connectivity index (χ1) is 7.13. The zero-order valence-electron chi connectivity index (χ0n) is 8.30. The molecule has 80 valence electrons. The fraction of sp³-hybridized carbons (Fsp3) is 0.182. The molecule has 0 fully saturated rings. The van der Waals surface area contributed by atoms with Gasteiger partial charge in [-0.1, -0.05) is 0 Å². The molecule has 4 heteroatoms. The summed E-state index contributed by atoms with van der Waals surface area (Å²) >= 11 is 0. The Balaban J connectivity index is 2.79. The van der Waals surface area contributed by atoms with Crippen molar-refractivity contribution in [3.8, 4) is 11.5 Å². The van der Waals surface area contributed by atoms with Gasteiger partial charge >= 0.3 is 5.97 Å². The average Bonchev–Trinajstić information content (AvgIpc) is 2.20. The van der Waals surface area contributed by atoms with Crippen LogP contribution in [0.3, 0.4) is 0 Å². The van der Waals surface area contributed by atoms with Crippen LogP contribution in [0.1, 0.15) is 12.5 Å². The molecule has 0 atom stereocenters. The van der Waals surface area contributed by atoms with Crippen molar-refractivity contribution in [3.05, 3.63) is 29.8 Å². The van der Waals surface area contributed by atoms with Crippen molar-refractivity contribution < 1.29 is 19.7 Å². The van der Waals surface area contributed by atoms with Crippen LogP contribution in [0.15, 0.2) is 24.3 Å². The van der Waals surface area contributed by atoms with Crippen molar-refractivity contribution >= 4 is 12.0 Å². The van der Waals surface area contributed by atoms with Gasteiger partial charge in [-0.15, -0.1) is 0 Å². The number of ether oxygens (including phenoxy) is 1. The SMILES string of the molecule is CCOC(=O)/C=C/c1cc(O)ccc1O. The van der Waals surface area contributed by atoms with E-state index in [4.69, 9.17) is 5.11 Å². The third-order valence-corrected chi connectivity index (χ3v) is 1.70. The highest BCUT2D eigenvalue weighted by Crippen LogP contribution is 2.23. The summed E-state index contributed by atoms with van der Waals surface area (Å²) < 4.78 is 4.66. The maximum Gasteiger partial charge on any atom is 0.330 e. The van der Waals surface area contributed by atoms with Crippen LogP contribution in [0, 0.1) is 0 Å². The molecular weight excluding hydrogens is 196 g/mol. The molecule has 1 rings (SSSR count). The highest BCUT2D eigenvalue weighted by molar-refractivity contribution is 5.87. The molecule has 0 aliphatic carbocycles. The van der Waals surface area contributed by atoms with Gasteiger partial charge in [0.1, 0.15) is 11.5 Å². The number of carbonyl (C=O) groups is 1. The van der Waals surface area contributed by atoms with E-state index in [0.717, 1.165) is 0 Å². The lowest BCUT2D eigenvalue weighted by atomic mass is 10.2. The van der Waals surface area contributed by atoms with E-state index in [2.05, 4.69) is 4.74 Å². The fourth-order valence-electron chi connectivity index (χ4n) is 1.02. The van der Waals surface area contributed by atoms with E-state index in [1.807, 2.05) is 0 Å². The largest absolute Gasteiger partial charge is 0.508 e. The van der Waals surface area contributed by atoms with Crippen LogP contribution < -0.4 is 0 Å². The van der Waals surface area contributed by atoms with E-state index in [0.29, 0.717) is 12.2 Å². The summed E-state index contributed by atoms with van der Waals surface area (Å²) in [4.78, 5) is 11.0. The number of esters is 1. The summed E-state index contributed by atoms with van der Waals surface area (Å²) in [6, 6.07) is 4.06. The van der Waals surface area contributed by atoms with Gasteiger partial charge < -0.3 is 14.9 Å². The Morgan fingerprint density at radius 2 is 2.20 bits per heavy atom. The van der Waals surface area contributed by atoms with E-state index in [1.54, 1.807) is 6.92 Å². The maximum atomic E-state index is 11.0. The first kappa shape index (κ1) is 11.1. The second-order valence-electron chi connectivity index (χ2n) is 2.83. The van der Waals surface area contributed by atoms with E-state index >= 15 is 0 Å². The molecule has 0 aromatic heterocycles. The number of phenols is 2. The molecule has 1 aromatic carbocycles. The molecule has 0 radical (unpaired) electrons. The van der Waals surface area contributed by atoms with Crippen LogP contribution in [0.2, 0.25) is 0 Å². The van der Waals surface area contributed by atoms with Crippen LogP contribution in [-0.2, 0) is 9.53 Å². The van der Waals surface area contributed by atoms with Gasteiger partial charge in [0.2, 0.25) is 0 Å². The van der Waals surface area contributed by atoms with Crippen molar-refractivity contribution in [1.29, 1.82) is 0 Å². The maximum absolute atomic E-state index is 11.0. The Kier molecular flexibility index (Phi) is 3.74. The Bertz CT molecular complexity index is 382. The molecule has 0 bridgehead atoms. The first-order valence-corrected chi connectivity index (χ1v) is 4.50. The van der Waals surface area contributed by atoms with E-state index in [1.165, 1.54) is 30.4 Å². The van der Waals surface area contributed by atoms with E-state index < -0.39 is 5.97 Å². The second-order valence-corrected chi connectivity index (χ2v) is 2.83. The average molecular weight is 208 g/mol. The topological polar surface area (TPSA) is 66.8 Å². The minimum absolute atomic E-state index is 0.00616. The molecule has 0 saturated heterocycles. The van der Waals surface area contributed by atoms with Gasteiger partial charge in [0.25, 0.3) is 0 Å². The molecule has 15 heavy (non-hydrogen) atoms. The third-order valence-electron chi connectivity index (χ3n) is 1.70. The molecule has 0 saturated carbocycles. The summed E-state index contributed by atoms with van der Waals surface area (Å²) in [7, 11) is 0. The van der Waals surface area contributed by atoms with Crippen molar-refractivity contribution in [2.24, 2.45) is 0 Å². The molecular formula is C11H12O4. The number of carbonyl (C=O) groups excluding carboxylic acids is 1. The van der Waals surface area contributed by atoms with Crippen molar-refractivity contribution in [2.45, 2.75) is 6.92 Å². The lowest BCUT2D eigenvalue weighted by molar-refractivity contribution is -0.137. The Hall–Kier alpha value is -1.97. The normalized spacial score (nSPS) is 10.5. The predicted molar refractivity (Wildman–Crippen MR) is 55.4 cm³/mol. The summed E-state index contributed by atoms with van der Waals surface area (Å²) in [5, 5.41) is 18.5. The highest BCUT2D eigenvalue weighted by atomic mass is 16.5. The van der Waals surface area contributed by atoms with Gasteiger partial charge in [-0.05, 0) is 31.2 Å². The summed E-state index contributed by atoms with van der Waals surface area (Å²) in [5.41, 5.74) is 0.364. The number of aromatic hydroxyl groups is 2. The lowest BCUT2D eigenvalue weighted by Gasteiger charge is -1.99. The van der Waals surface area contributed by atoms with Gasteiger partial charge in [-0.2, -0.15) is 0 Å². The minimum Gasteiger partial charge on any atom is -0.508 e. The molecule has 4 nitrogen and oxygen atoms in total. The monoisotopic (exact) mass is 208 g/mol. The molecule has 0 heterocycles. The van der Waals surface area contributed by atoms with Gasteiger partial charge in [0.05, 0.1) is 6.61 Å². The standard InChI is InChI=1S/C11H12O4/c1-2-15-11(14)6-3-8-7-9(12)4-5-10(8)13/h3-7,12-13H,2H2,1H3/b6-3+. The smallest absolute Gasteiger partial charge is 0.330 e. The molecule has 1 aromatic rings. The Labute approximate surface area is 87.4 Å². The van der Waals surface area contributed by atoms with Crippen molar-refractivity contribution in [1.82, 2.24) is 0 Å². The molecule has 2 N–H and O–H groups in total. The Morgan fingerprint density at radius 3 is 2.87 bits per heavy atom. The summed E-state index contributed by atoms with van der Waals surface area (Å²) in [6.45, 7) is 2.01. The Morgan fingerprint density at radius 1 is 1.47 bits per heavy atom. The van der Waals surface area contributed by atoms with Crippen molar-refractivity contribution in [2.75, 3.05) is 6.61 Å². The van der Waals surface area contributed by atoms with Crippen LogP contribution in [0.25, 0.3) is 6.08 Å². The van der Waals surface area contributed by atoms with E-state index in [-0.39, 0.29) is 11.5 Å². The van der Waals surface area contributed by atoms with Crippen LogP contribution in [-0.4, -0.2) is 22.8 Å². The first-order valence-electron chi connectivity index (χ1n) is 4.50. The highest BCUT2D eigenvalue weighted by Gasteiger charge is 2.00. The number of rotatable bonds is 3. The third kappa shape index (κ3) is 3.34. The van der Waals surface area contributed by atoms with Crippen LogP contribution in [0.5, 0.6) is 11.5 Å². The molecule has 0 aliphatic rings. The number of hydrogen-bond donors (Lipinski definition) is 2. The minimum atomic E-state index is -0.486. The quantitative estimate of drug-likeness (QED) is 0.450. The number of benzene rings is 1. The summed E-state index contributed by atoms with van der Waals surface area (Å²) in [5.74, 6) is -0.468. The fourth-order valence-corrected chi connectivity index (χ4v) is 1.02. The number of hydrogen-bond acceptors (Lipinski definition) is 4. The predicted octanol–water partition coefficient (Wildman–Crippen LogP) is 1.67. The van der Waals surface area contributed by atoms with Gasteiger partial charge in [-0.3, -0.25) is 0 Å².